The molecule has 0 aliphatic heterocycles. The normalized spacial score (nSPS) is 10.4. The molecule has 0 radical (unpaired) electrons. The molecule has 0 aromatic rings. The van der Waals surface area contributed by atoms with E-state index in [1.165, 1.54) is 12.8 Å². The zero-order valence-electron chi connectivity index (χ0n) is 7.74. The van der Waals surface area contributed by atoms with Gasteiger partial charge in [0.1, 0.15) is 0 Å². The van der Waals surface area contributed by atoms with Crippen LogP contribution in [0, 0.1) is 0 Å². The Balaban J connectivity index is 2.69. The van der Waals surface area contributed by atoms with Crippen molar-refractivity contribution in [2.24, 2.45) is 0 Å². The van der Waals surface area contributed by atoms with Gasteiger partial charge in [0.25, 0.3) is 0 Å². The largest absolute Gasteiger partial charge is 0.320 e. The summed E-state index contributed by atoms with van der Waals surface area (Å²) in [5.41, 5.74) is 0. The summed E-state index contributed by atoms with van der Waals surface area (Å²) >= 11 is 0. The molecule has 11 heavy (non-hydrogen) atoms. The lowest BCUT2D eigenvalue weighted by molar-refractivity contribution is 0.594. The minimum atomic E-state index is 1.06. The zero-order valence-corrected chi connectivity index (χ0v) is 7.74. The maximum atomic E-state index is 3.35. The van der Waals surface area contributed by atoms with Crippen molar-refractivity contribution >= 4 is 0 Å². The maximum Gasteiger partial charge on any atom is 0.00766 e. The summed E-state index contributed by atoms with van der Waals surface area (Å²) < 4.78 is 0. The van der Waals surface area contributed by atoms with E-state index in [1.807, 2.05) is 14.1 Å². The van der Waals surface area contributed by atoms with Crippen molar-refractivity contribution in [1.82, 2.24) is 16.0 Å². The molecule has 0 rings (SSSR count). The maximum absolute atomic E-state index is 3.35. The van der Waals surface area contributed by atoms with Gasteiger partial charge >= 0.3 is 0 Å². The summed E-state index contributed by atoms with van der Waals surface area (Å²) in [6.45, 7) is 4.42. The monoisotopic (exact) mass is 159 g/mol. The van der Waals surface area contributed by atoms with Crippen LogP contribution in [0.2, 0.25) is 0 Å². The molecule has 0 fully saturated rings. The molecule has 3 nitrogen and oxygen atoms in total. The molecule has 3 heteroatoms. The fourth-order valence-corrected chi connectivity index (χ4v) is 0.890. The second-order valence-electron chi connectivity index (χ2n) is 2.66. The zero-order chi connectivity index (χ0) is 8.36. The van der Waals surface area contributed by atoms with Gasteiger partial charge in [0, 0.05) is 13.1 Å². The molecule has 0 aromatic carbocycles. The lowest BCUT2D eigenvalue weighted by Gasteiger charge is -2.03. The third-order valence-electron chi connectivity index (χ3n) is 1.58. The lowest BCUT2D eigenvalue weighted by atomic mass is 10.3. The molecule has 0 saturated heterocycles. The van der Waals surface area contributed by atoms with Crippen LogP contribution < -0.4 is 16.0 Å². The average Bonchev–Trinajstić information content (AvgIpc) is 2.03. The van der Waals surface area contributed by atoms with Crippen LogP contribution in [0.25, 0.3) is 0 Å². The number of hydrogen-bond donors (Lipinski definition) is 3. The standard InChI is InChI=1S/C8H21N3/c1-9-5-3-4-6-11-8-7-10-2/h9-11H,3-8H2,1-2H3. The quantitative estimate of drug-likeness (QED) is 0.429. The molecule has 0 aliphatic carbocycles. The van der Waals surface area contributed by atoms with E-state index in [9.17, 15) is 0 Å². The van der Waals surface area contributed by atoms with Gasteiger partial charge in [-0.15, -0.1) is 0 Å². The highest BCUT2D eigenvalue weighted by molar-refractivity contribution is 4.50. The van der Waals surface area contributed by atoms with E-state index in [0.29, 0.717) is 0 Å². The number of rotatable bonds is 8. The predicted octanol–water partition coefficient (Wildman–Crippen LogP) is -0.205. The van der Waals surface area contributed by atoms with Crippen LogP contribution in [0.15, 0.2) is 0 Å². The molecule has 0 saturated carbocycles. The van der Waals surface area contributed by atoms with Crippen molar-refractivity contribution < 1.29 is 0 Å². The SMILES string of the molecule is CNCCCCNCCNC. The van der Waals surface area contributed by atoms with Crippen molar-refractivity contribution in [3.63, 3.8) is 0 Å². The molecule has 0 bridgehead atoms. The molecule has 0 aliphatic rings. The van der Waals surface area contributed by atoms with Crippen LogP contribution in [0.5, 0.6) is 0 Å². The van der Waals surface area contributed by atoms with Gasteiger partial charge in [0.15, 0.2) is 0 Å². The first-order chi connectivity index (χ1) is 5.41. The van der Waals surface area contributed by atoms with E-state index >= 15 is 0 Å². The highest BCUT2D eigenvalue weighted by Crippen LogP contribution is 1.82. The Morgan fingerprint density at radius 1 is 0.727 bits per heavy atom. The van der Waals surface area contributed by atoms with E-state index in [2.05, 4.69) is 16.0 Å². The Kier molecular flexibility index (Phi) is 9.77. The van der Waals surface area contributed by atoms with E-state index in [1.54, 1.807) is 0 Å². The minimum Gasteiger partial charge on any atom is -0.320 e. The minimum absolute atomic E-state index is 1.06. The van der Waals surface area contributed by atoms with E-state index in [4.69, 9.17) is 0 Å². The summed E-state index contributed by atoms with van der Waals surface area (Å²) in [5, 5.41) is 9.58. The van der Waals surface area contributed by atoms with E-state index < -0.39 is 0 Å². The molecule has 68 valence electrons. The fourth-order valence-electron chi connectivity index (χ4n) is 0.890. The van der Waals surface area contributed by atoms with Crippen molar-refractivity contribution in [3.05, 3.63) is 0 Å². The van der Waals surface area contributed by atoms with E-state index in [0.717, 1.165) is 26.2 Å². The van der Waals surface area contributed by atoms with Gasteiger partial charge in [0.2, 0.25) is 0 Å². The molecule has 0 aromatic heterocycles. The van der Waals surface area contributed by atoms with Crippen molar-refractivity contribution in [1.29, 1.82) is 0 Å². The van der Waals surface area contributed by atoms with Crippen LogP contribution >= 0.6 is 0 Å². The van der Waals surface area contributed by atoms with Gasteiger partial charge in [-0.2, -0.15) is 0 Å². The summed E-state index contributed by atoms with van der Waals surface area (Å²) in [5.74, 6) is 0. The Hall–Kier alpha value is -0.120. The third kappa shape index (κ3) is 9.88. The number of hydrogen-bond acceptors (Lipinski definition) is 3. The second-order valence-corrected chi connectivity index (χ2v) is 2.66. The molecule has 0 heterocycles. The Morgan fingerprint density at radius 2 is 1.36 bits per heavy atom. The lowest BCUT2D eigenvalue weighted by Crippen LogP contribution is -2.26. The molecule has 3 N–H and O–H groups in total. The van der Waals surface area contributed by atoms with Crippen LogP contribution in [0.1, 0.15) is 12.8 Å². The van der Waals surface area contributed by atoms with Gasteiger partial charge in [-0.05, 0) is 40.0 Å². The van der Waals surface area contributed by atoms with Crippen LogP contribution in [-0.4, -0.2) is 40.3 Å². The van der Waals surface area contributed by atoms with Crippen molar-refractivity contribution in [2.45, 2.75) is 12.8 Å². The van der Waals surface area contributed by atoms with E-state index in [-0.39, 0.29) is 0 Å². The number of unbranched alkanes of at least 4 members (excludes halogenated alkanes) is 1. The van der Waals surface area contributed by atoms with Crippen LogP contribution in [0.3, 0.4) is 0 Å². The molecular formula is C8H21N3. The van der Waals surface area contributed by atoms with Gasteiger partial charge in [-0.25, -0.2) is 0 Å². The first kappa shape index (κ1) is 10.9. The summed E-state index contributed by atoms with van der Waals surface area (Å²) in [6, 6.07) is 0. The topological polar surface area (TPSA) is 36.1 Å². The van der Waals surface area contributed by atoms with Gasteiger partial charge in [-0.3, -0.25) is 0 Å². The predicted molar refractivity (Wildman–Crippen MR) is 50.0 cm³/mol. The third-order valence-corrected chi connectivity index (χ3v) is 1.58. The van der Waals surface area contributed by atoms with Crippen LogP contribution in [-0.2, 0) is 0 Å². The fraction of sp³-hybridized carbons (Fsp3) is 1.00. The highest BCUT2D eigenvalue weighted by atomic mass is 14.9. The van der Waals surface area contributed by atoms with Crippen molar-refractivity contribution in [2.75, 3.05) is 40.3 Å². The molecule has 0 unspecified atom stereocenters. The summed E-state index contributed by atoms with van der Waals surface area (Å²) in [4.78, 5) is 0. The van der Waals surface area contributed by atoms with Gasteiger partial charge in [0.05, 0.1) is 0 Å². The Bertz CT molecular complexity index is 58.4. The van der Waals surface area contributed by atoms with Gasteiger partial charge in [-0.1, -0.05) is 0 Å². The first-order valence-electron chi connectivity index (χ1n) is 4.41. The average molecular weight is 159 g/mol. The number of likely N-dealkylation sites (N-methyl/N-ethyl adjacent to an activating group) is 1. The Labute approximate surface area is 69.9 Å². The smallest absolute Gasteiger partial charge is 0.00766 e. The molecular weight excluding hydrogens is 138 g/mol. The summed E-state index contributed by atoms with van der Waals surface area (Å²) in [6.07, 6.45) is 2.54. The molecule has 0 atom stereocenters. The second kappa shape index (κ2) is 9.88. The van der Waals surface area contributed by atoms with Crippen molar-refractivity contribution in [3.8, 4) is 0 Å². The van der Waals surface area contributed by atoms with Gasteiger partial charge < -0.3 is 16.0 Å². The first-order valence-corrected chi connectivity index (χ1v) is 4.41. The summed E-state index contributed by atoms with van der Waals surface area (Å²) in [7, 11) is 3.97. The molecule has 0 amide bonds. The molecule has 0 spiro atoms. The highest BCUT2D eigenvalue weighted by Gasteiger charge is 1.86. The van der Waals surface area contributed by atoms with Crippen LogP contribution in [0.4, 0.5) is 0 Å². The number of nitrogens with one attached hydrogen (secondary N) is 3. The Morgan fingerprint density at radius 3 is 2.00 bits per heavy atom.